The van der Waals surface area contributed by atoms with E-state index in [1.165, 1.54) is 6.26 Å². The third-order valence-electron chi connectivity index (χ3n) is 3.61. The van der Waals surface area contributed by atoms with Crippen molar-refractivity contribution < 1.29 is 24.1 Å². The Bertz CT molecular complexity index is 719. The molecule has 0 bridgehead atoms. The number of halogens is 1. The minimum Gasteiger partial charge on any atom is -0.496 e. The van der Waals surface area contributed by atoms with Crippen molar-refractivity contribution in [3.8, 4) is 5.75 Å². The summed E-state index contributed by atoms with van der Waals surface area (Å²) in [7, 11) is 1.61. The van der Waals surface area contributed by atoms with E-state index < -0.39 is 6.03 Å². The van der Waals surface area contributed by atoms with Gasteiger partial charge in [-0.1, -0.05) is 0 Å². The van der Waals surface area contributed by atoms with Crippen LogP contribution >= 0.6 is 15.9 Å². The zero-order chi connectivity index (χ0) is 18.2. The molecule has 0 saturated carbocycles. The highest BCUT2D eigenvalue weighted by Gasteiger charge is 2.15. The van der Waals surface area contributed by atoms with E-state index in [9.17, 15) is 9.59 Å². The normalized spacial score (nSPS) is 11.6. The lowest BCUT2D eigenvalue weighted by Gasteiger charge is -2.12. The molecule has 1 aromatic carbocycles. The summed E-state index contributed by atoms with van der Waals surface area (Å²) in [6.45, 7) is 2.35. The Morgan fingerprint density at radius 1 is 1.36 bits per heavy atom. The Hall–Kier alpha value is -2.32. The van der Waals surface area contributed by atoms with Gasteiger partial charge in [-0.15, -0.1) is 0 Å². The van der Waals surface area contributed by atoms with Gasteiger partial charge in [0.1, 0.15) is 17.6 Å². The first-order valence-electron chi connectivity index (χ1n) is 7.76. The van der Waals surface area contributed by atoms with Gasteiger partial charge in [-0.05, 0) is 53.2 Å². The van der Waals surface area contributed by atoms with Crippen molar-refractivity contribution in [1.82, 2.24) is 10.6 Å². The number of furan rings is 1. The second-order valence-electron chi connectivity index (χ2n) is 5.43. The van der Waals surface area contributed by atoms with Crippen LogP contribution in [0.5, 0.6) is 5.75 Å². The van der Waals surface area contributed by atoms with E-state index in [1.54, 1.807) is 19.2 Å². The molecule has 134 valence electrons. The fourth-order valence-corrected chi connectivity index (χ4v) is 2.75. The zero-order valence-corrected chi connectivity index (χ0v) is 15.6. The first-order chi connectivity index (χ1) is 12.0. The number of nitrogens with two attached hydrogens (primary N) is 1. The topological polar surface area (TPSA) is 97.2 Å². The molecular formula is C17H21BrN3O4+. The fraction of sp³-hybridized carbons (Fsp3) is 0.294. The predicted molar refractivity (Wildman–Crippen MR) is 95.0 cm³/mol. The maximum absolute atomic E-state index is 11.9. The molecule has 0 fully saturated rings. The van der Waals surface area contributed by atoms with Crippen LogP contribution in [0.3, 0.4) is 0 Å². The van der Waals surface area contributed by atoms with Gasteiger partial charge in [-0.25, -0.2) is 4.79 Å². The van der Waals surface area contributed by atoms with Gasteiger partial charge in [-0.2, -0.15) is 0 Å². The molecule has 0 saturated heterocycles. The van der Waals surface area contributed by atoms with Gasteiger partial charge < -0.3 is 19.8 Å². The van der Waals surface area contributed by atoms with Gasteiger partial charge in [0.2, 0.25) is 0 Å². The Balaban J connectivity index is 1.75. The monoisotopic (exact) mass is 410 g/mol. The molecule has 1 heterocycles. The molecule has 0 spiro atoms. The van der Waals surface area contributed by atoms with E-state index in [2.05, 4.69) is 26.6 Å². The van der Waals surface area contributed by atoms with E-state index in [0.717, 1.165) is 15.8 Å². The molecule has 1 atom stereocenters. The average molecular weight is 411 g/mol. The summed E-state index contributed by atoms with van der Waals surface area (Å²) in [6, 6.07) is 8.74. The number of nitrogens with one attached hydrogen (secondary N) is 2. The van der Waals surface area contributed by atoms with Crippen LogP contribution in [0.2, 0.25) is 0 Å². The Labute approximate surface area is 154 Å². The lowest BCUT2D eigenvalue weighted by atomic mass is 10.1. The van der Waals surface area contributed by atoms with Crippen molar-refractivity contribution in [2.75, 3.05) is 13.7 Å². The van der Waals surface area contributed by atoms with Gasteiger partial charge in [0.25, 0.3) is 5.91 Å². The van der Waals surface area contributed by atoms with Gasteiger partial charge in [-0.3, -0.25) is 10.1 Å². The molecule has 3 amide bonds. The van der Waals surface area contributed by atoms with Crippen LogP contribution in [-0.2, 0) is 11.3 Å². The molecular weight excluding hydrogens is 390 g/mol. The first kappa shape index (κ1) is 19.0. The number of quaternary nitrogens is 1. The largest absolute Gasteiger partial charge is 0.496 e. The molecule has 1 aromatic heterocycles. The molecule has 7 nitrogen and oxygen atoms in total. The smallest absolute Gasteiger partial charge is 0.321 e. The van der Waals surface area contributed by atoms with Crippen LogP contribution in [0, 0.1) is 0 Å². The highest BCUT2D eigenvalue weighted by Crippen LogP contribution is 2.26. The maximum Gasteiger partial charge on any atom is 0.321 e. The first-order valence-corrected chi connectivity index (χ1v) is 8.55. The Kier molecular flexibility index (Phi) is 7.03. The number of hydrogen-bond acceptors (Lipinski definition) is 4. The molecule has 2 aromatic rings. The summed E-state index contributed by atoms with van der Waals surface area (Å²) >= 11 is 3.44. The molecule has 0 unspecified atom stereocenters. The van der Waals surface area contributed by atoms with E-state index >= 15 is 0 Å². The number of amides is 3. The van der Waals surface area contributed by atoms with Crippen molar-refractivity contribution in [3.63, 3.8) is 0 Å². The fourth-order valence-electron chi connectivity index (χ4n) is 2.19. The van der Waals surface area contributed by atoms with Crippen molar-refractivity contribution in [2.24, 2.45) is 0 Å². The average Bonchev–Trinajstić information content (AvgIpc) is 3.11. The number of carbonyl (C=O) groups is 2. The number of hydrogen-bond donors (Lipinski definition) is 3. The van der Waals surface area contributed by atoms with Gasteiger partial charge in [0.15, 0.2) is 6.54 Å². The highest BCUT2D eigenvalue weighted by molar-refractivity contribution is 9.10. The minimum atomic E-state index is -0.547. The van der Waals surface area contributed by atoms with E-state index in [0.29, 0.717) is 5.76 Å². The highest BCUT2D eigenvalue weighted by atomic mass is 79.9. The molecule has 0 radical (unpaired) electrons. The maximum atomic E-state index is 11.9. The number of imide groups is 1. The zero-order valence-electron chi connectivity index (χ0n) is 14.0. The standard InChI is InChI=1S/C17H20BrN3O4/c1-11(12-5-6-15(24-2)14(18)8-12)19-10-16(22)21-17(23)20-9-13-4-3-7-25-13/h3-8,11,19H,9-10H2,1-2H3,(H2,20,21,22,23)/p+1/t11-/m0/s1. The lowest BCUT2D eigenvalue weighted by Crippen LogP contribution is -2.87. The van der Waals surface area contributed by atoms with Crippen molar-refractivity contribution >= 4 is 27.9 Å². The SMILES string of the molecule is COc1ccc([C@H](C)[NH2+]CC(=O)NC(=O)NCc2ccco2)cc1Br. The predicted octanol–water partition coefficient (Wildman–Crippen LogP) is 1.70. The number of ether oxygens (including phenoxy) is 1. The summed E-state index contributed by atoms with van der Waals surface area (Å²) in [4.78, 5) is 23.5. The van der Waals surface area contributed by atoms with E-state index in [4.69, 9.17) is 9.15 Å². The van der Waals surface area contributed by atoms with E-state index in [-0.39, 0.29) is 25.0 Å². The van der Waals surface area contributed by atoms with E-state index in [1.807, 2.05) is 30.4 Å². The van der Waals surface area contributed by atoms with Crippen LogP contribution in [0.1, 0.15) is 24.3 Å². The van der Waals surface area contributed by atoms with Crippen LogP contribution in [-0.4, -0.2) is 25.6 Å². The van der Waals surface area contributed by atoms with Crippen LogP contribution in [0.4, 0.5) is 4.79 Å². The summed E-state index contributed by atoms with van der Waals surface area (Å²) in [5, 5.41) is 6.70. The minimum absolute atomic E-state index is 0.0548. The molecule has 0 aliphatic rings. The molecule has 4 N–H and O–H groups in total. The number of rotatable bonds is 7. The number of urea groups is 1. The second-order valence-corrected chi connectivity index (χ2v) is 6.29. The van der Waals surface area contributed by atoms with Crippen molar-refractivity contribution in [3.05, 3.63) is 52.4 Å². The van der Waals surface area contributed by atoms with Crippen LogP contribution in [0.25, 0.3) is 0 Å². The molecule has 0 aliphatic carbocycles. The Morgan fingerprint density at radius 3 is 2.80 bits per heavy atom. The van der Waals surface area contributed by atoms with Crippen LogP contribution < -0.4 is 20.7 Å². The lowest BCUT2D eigenvalue weighted by molar-refractivity contribution is -0.682. The summed E-state index contributed by atoms with van der Waals surface area (Å²) in [5.74, 6) is 1.01. The molecule has 2 rings (SSSR count). The molecule has 25 heavy (non-hydrogen) atoms. The van der Waals surface area contributed by atoms with Gasteiger partial charge in [0.05, 0.1) is 24.4 Å². The quantitative estimate of drug-likeness (QED) is 0.646. The van der Waals surface area contributed by atoms with Crippen molar-refractivity contribution in [2.45, 2.75) is 19.5 Å². The summed E-state index contributed by atoms with van der Waals surface area (Å²) in [5.41, 5.74) is 1.04. The molecule has 0 aliphatic heterocycles. The number of carbonyl (C=O) groups excluding carboxylic acids is 2. The van der Waals surface area contributed by atoms with Gasteiger partial charge >= 0.3 is 6.03 Å². The molecule has 8 heteroatoms. The summed E-state index contributed by atoms with van der Waals surface area (Å²) in [6.07, 6.45) is 1.52. The second kappa shape index (κ2) is 9.24. The Morgan fingerprint density at radius 2 is 2.16 bits per heavy atom. The third kappa shape index (κ3) is 5.91. The van der Waals surface area contributed by atoms with Gasteiger partial charge in [0, 0.05) is 5.56 Å². The van der Waals surface area contributed by atoms with Crippen LogP contribution in [0.15, 0.2) is 45.5 Å². The van der Waals surface area contributed by atoms with Crippen molar-refractivity contribution in [1.29, 1.82) is 0 Å². The third-order valence-corrected chi connectivity index (χ3v) is 4.23. The summed E-state index contributed by atoms with van der Waals surface area (Å²) < 4.78 is 11.2. The number of benzene rings is 1. The number of methoxy groups -OCH3 is 1.